The highest BCUT2D eigenvalue weighted by Crippen LogP contribution is 2.23. The number of carbonyl (C=O) groups is 1. The number of halogens is 2. The summed E-state index contributed by atoms with van der Waals surface area (Å²) in [6.45, 7) is 0. The first-order valence-corrected chi connectivity index (χ1v) is 5.12. The molecule has 1 aromatic carbocycles. The third-order valence-corrected chi connectivity index (χ3v) is 2.57. The third-order valence-electron chi connectivity index (χ3n) is 2.28. The Kier molecular flexibility index (Phi) is 3.15. The maximum atomic E-state index is 13.4. The molecule has 0 aliphatic carbocycles. The van der Waals surface area contributed by atoms with Crippen LogP contribution < -0.4 is 4.74 Å². The number of benzene rings is 1. The average molecular weight is 255 g/mol. The predicted octanol–water partition coefficient (Wildman–Crippen LogP) is 3.31. The number of carbonyl (C=O) groups excluding carboxylic acids is 1. The molecule has 0 saturated carbocycles. The van der Waals surface area contributed by atoms with Crippen LogP contribution in [0.2, 0.25) is 5.22 Å². The van der Waals surface area contributed by atoms with Crippen LogP contribution in [0.1, 0.15) is 15.9 Å². The van der Waals surface area contributed by atoms with E-state index in [9.17, 15) is 9.18 Å². The van der Waals surface area contributed by atoms with Gasteiger partial charge in [-0.2, -0.15) is 0 Å². The van der Waals surface area contributed by atoms with Crippen LogP contribution in [0.4, 0.5) is 4.39 Å². The van der Waals surface area contributed by atoms with Crippen LogP contribution in [0.5, 0.6) is 5.75 Å². The predicted molar refractivity (Wildman–Crippen MR) is 60.1 cm³/mol. The van der Waals surface area contributed by atoms with Crippen molar-refractivity contribution in [1.82, 2.24) is 0 Å². The standard InChI is InChI=1S/C12H8ClFO3/c1-16-10-3-2-7(6-9(10)14)11(15)8-4-5-17-12(8)13/h2-6H,1H3. The highest BCUT2D eigenvalue weighted by Gasteiger charge is 2.16. The molecule has 1 aromatic heterocycles. The monoisotopic (exact) mass is 254 g/mol. The number of ether oxygens (including phenoxy) is 1. The summed E-state index contributed by atoms with van der Waals surface area (Å²) < 4.78 is 23.0. The van der Waals surface area contributed by atoms with E-state index >= 15 is 0 Å². The highest BCUT2D eigenvalue weighted by molar-refractivity contribution is 6.33. The van der Waals surface area contributed by atoms with E-state index < -0.39 is 11.6 Å². The van der Waals surface area contributed by atoms with Gasteiger partial charge in [0.25, 0.3) is 0 Å². The number of hydrogen-bond acceptors (Lipinski definition) is 3. The molecule has 0 N–H and O–H groups in total. The summed E-state index contributed by atoms with van der Waals surface area (Å²) >= 11 is 5.68. The smallest absolute Gasteiger partial charge is 0.204 e. The Labute approximate surface area is 102 Å². The lowest BCUT2D eigenvalue weighted by Gasteiger charge is -2.03. The van der Waals surface area contributed by atoms with E-state index in [1.165, 1.54) is 31.6 Å². The fourth-order valence-corrected chi connectivity index (χ4v) is 1.62. The highest BCUT2D eigenvalue weighted by atomic mass is 35.5. The largest absolute Gasteiger partial charge is 0.494 e. The normalized spacial score (nSPS) is 10.3. The molecule has 88 valence electrons. The number of hydrogen-bond donors (Lipinski definition) is 0. The summed E-state index contributed by atoms with van der Waals surface area (Å²) in [6, 6.07) is 5.39. The van der Waals surface area contributed by atoms with Gasteiger partial charge in [0.2, 0.25) is 5.22 Å². The number of rotatable bonds is 3. The van der Waals surface area contributed by atoms with Crippen molar-refractivity contribution in [2.45, 2.75) is 0 Å². The van der Waals surface area contributed by atoms with E-state index in [1.54, 1.807) is 0 Å². The van der Waals surface area contributed by atoms with E-state index in [1.807, 2.05) is 0 Å². The van der Waals surface area contributed by atoms with Gasteiger partial charge in [0, 0.05) is 5.56 Å². The van der Waals surface area contributed by atoms with Crippen LogP contribution >= 0.6 is 11.6 Å². The van der Waals surface area contributed by atoms with Crippen molar-refractivity contribution in [3.05, 3.63) is 52.7 Å². The summed E-state index contributed by atoms with van der Waals surface area (Å²) in [6.07, 6.45) is 1.30. The van der Waals surface area contributed by atoms with Crippen molar-refractivity contribution in [3.8, 4) is 5.75 Å². The molecule has 0 atom stereocenters. The minimum atomic E-state index is -0.599. The van der Waals surface area contributed by atoms with Crippen LogP contribution in [-0.4, -0.2) is 12.9 Å². The quantitative estimate of drug-likeness (QED) is 0.789. The molecule has 0 bridgehead atoms. The molecule has 0 amide bonds. The molecule has 0 aliphatic rings. The van der Waals surface area contributed by atoms with Gasteiger partial charge in [-0.05, 0) is 35.9 Å². The lowest BCUT2D eigenvalue weighted by molar-refractivity contribution is 0.103. The molecule has 1 heterocycles. The van der Waals surface area contributed by atoms with E-state index in [0.29, 0.717) is 0 Å². The Morgan fingerprint density at radius 2 is 2.18 bits per heavy atom. The number of furan rings is 1. The van der Waals surface area contributed by atoms with Gasteiger partial charge < -0.3 is 9.15 Å². The lowest BCUT2D eigenvalue weighted by Crippen LogP contribution is -2.01. The van der Waals surface area contributed by atoms with E-state index in [-0.39, 0.29) is 22.1 Å². The van der Waals surface area contributed by atoms with Crippen molar-refractivity contribution in [1.29, 1.82) is 0 Å². The minimum Gasteiger partial charge on any atom is -0.494 e. The zero-order valence-electron chi connectivity index (χ0n) is 8.87. The molecule has 2 aromatic rings. The maximum Gasteiger partial charge on any atom is 0.204 e. The van der Waals surface area contributed by atoms with Gasteiger partial charge in [0.05, 0.1) is 18.9 Å². The van der Waals surface area contributed by atoms with Gasteiger partial charge in [-0.1, -0.05) is 0 Å². The number of methoxy groups -OCH3 is 1. The zero-order valence-corrected chi connectivity index (χ0v) is 9.62. The average Bonchev–Trinajstić information content (AvgIpc) is 2.74. The molecular formula is C12H8ClFO3. The Morgan fingerprint density at radius 1 is 1.41 bits per heavy atom. The molecule has 3 nitrogen and oxygen atoms in total. The van der Waals surface area contributed by atoms with Crippen LogP contribution in [0.25, 0.3) is 0 Å². The van der Waals surface area contributed by atoms with Gasteiger partial charge in [0.1, 0.15) is 0 Å². The van der Waals surface area contributed by atoms with Crippen LogP contribution in [0.3, 0.4) is 0 Å². The van der Waals surface area contributed by atoms with E-state index in [4.69, 9.17) is 20.8 Å². The first-order chi connectivity index (χ1) is 8.13. The third kappa shape index (κ3) is 2.17. The van der Waals surface area contributed by atoms with Crippen molar-refractivity contribution < 1.29 is 18.3 Å². The molecule has 0 saturated heterocycles. The minimum absolute atomic E-state index is 0.00812. The first-order valence-electron chi connectivity index (χ1n) is 4.74. The second-order valence-electron chi connectivity index (χ2n) is 3.29. The summed E-state index contributed by atoms with van der Waals surface area (Å²) in [5, 5.41) is -0.00812. The van der Waals surface area contributed by atoms with Crippen molar-refractivity contribution >= 4 is 17.4 Å². The SMILES string of the molecule is COc1ccc(C(=O)c2ccoc2Cl)cc1F. The van der Waals surface area contributed by atoms with Crippen LogP contribution in [0, 0.1) is 5.82 Å². The van der Waals surface area contributed by atoms with Crippen LogP contribution in [-0.2, 0) is 0 Å². The number of ketones is 1. The molecule has 0 spiro atoms. The Balaban J connectivity index is 2.39. The molecule has 2 rings (SSSR count). The molecule has 0 unspecified atom stereocenters. The summed E-state index contributed by atoms with van der Waals surface area (Å²) in [7, 11) is 1.35. The van der Waals surface area contributed by atoms with Gasteiger partial charge in [0.15, 0.2) is 17.3 Å². The van der Waals surface area contributed by atoms with Crippen LogP contribution in [0.15, 0.2) is 34.9 Å². The summed E-state index contributed by atoms with van der Waals surface area (Å²) in [5.74, 6) is -0.914. The van der Waals surface area contributed by atoms with Gasteiger partial charge in [-0.3, -0.25) is 4.79 Å². The molecule has 0 aliphatic heterocycles. The fourth-order valence-electron chi connectivity index (χ4n) is 1.42. The second-order valence-corrected chi connectivity index (χ2v) is 3.63. The summed E-state index contributed by atoms with van der Waals surface area (Å²) in [4.78, 5) is 11.9. The zero-order chi connectivity index (χ0) is 12.4. The Morgan fingerprint density at radius 3 is 2.71 bits per heavy atom. The maximum absolute atomic E-state index is 13.4. The summed E-state index contributed by atoms with van der Waals surface area (Å²) in [5.41, 5.74) is 0.392. The first kappa shape index (κ1) is 11.7. The molecule has 5 heteroatoms. The van der Waals surface area contributed by atoms with Crippen molar-refractivity contribution in [2.24, 2.45) is 0 Å². The van der Waals surface area contributed by atoms with E-state index in [0.717, 1.165) is 6.07 Å². The van der Waals surface area contributed by atoms with E-state index in [2.05, 4.69) is 0 Å². The lowest BCUT2D eigenvalue weighted by atomic mass is 10.1. The fraction of sp³-hybridized carbons (Fsp3) is 0.0833. The second kappa shape index (κ2) is 4.59. The Hall–Kier alpha value is -1.81. The molecular weight excluding hydrogens is 247 g/mol. The molecule has 17 heavy (non-hydrogen) atoms. The van der Waals surface area contributed by atoms with Crippen molar-refractivity contribution in [2.75, 3.05) is 7.11 Å². The topological polar surface area (TPSA) is 39.4 Å². The van der Waals surface area contributed by atoms with Gasteiger partial charge >= 0.3 is 0 Å². The Bertz CT molecular complexity index is 563. The molecule has 0 radical (unpaired) electrons. The van der Waals surface area contributed by atoms with Crippen molar-refractivity contribution in [3.63, 3.8) is 0 Å². The van der Waals surface area contributed by atoms with Gasteiger partial charge in [-0.15, -0.1) is 0 Å². The van der Waals surface area contributed by atoms with Gasteiger partial charge in [-0.25, -0.2) is 4.39 Å². The molecule has 0 fully saturated rings.